The summed E-state index contributed by atoms with van der Waals surface area (Å²) in [7, 11) is 0. The second-order valence-electron chi connectivity index (χ2n) is 8.26. The molecule has 2 fully saturated rings. The molecule has 0 aromatic heterocycles. The number of carbonyl (C=O) groups is 2. The van der Waals surface area contributed by atoms with Gasteiger partial charge < -0.3 is 14.5 Å². The molecule has 2 heterocycles. The van der Waals surface area contributed by atoms with Crippen LogP contribution < -0.4 is 4.74 Å². The fourth-order valence-electron chi connectivity index (χ4n) is 4.81. The molecule has 0 radical (unpaired) electrons. The van der Waals surface area contributed by atoms with Crippen LogP contribution in [0.5, 0.6) is 5.75 Å². The van der Waals surface area contributed by atoms with E-state index in [1.807, 2.05) is 58.3 Å². The molecule has 4 rings (SSSR count). The maximum Gasteiger partial charge on any atom is 0.248 e. The lowest BCUT2D eigenvalue weighted by atomic mass is 9.85. The van der Waals surface area contributed by atoms with Gasteiger partial charge in [0.1, 0.15) is 11.3 Å². The summed E-state index contributed by atoms with van der Waals surface area (Å²) < 4.78 is 5.71. The van der Waals surface area contributed by atoms with Crippen LogP contribution in [-0.2, 0) is 16.1 Å². The van der Waals surface area contributed by atoms with E-state index >= 15 is 0 Å². The number of benzene rings is 2. The van der Waals surface area contributed by atoms with E-state index in [-0.39, 0.29) is 11.8 Å². The zero-order chi connectivity index (χ0) is 20.8. The van der Waals surface area contributed by atoms with Gasteiger partial charge in [0, 0.05) is 26.1 Å². The number of rotatable bonds is 7. The van der Waals surface area contributed by atoms with Gasteiger partial charge in [-0.1, -0.05) is 48.5 Å². The number of likely N-dealkylation sites (tertiary alicyclic amines) is 2. The van der Waals surface area contributed by atoms with Gasteiger partial charge in [-0.2, -0.15) is 0 Å². The molecule has 0 N–H and O–H groups in total. The highest BCUT2D eigenvalue weighted by Crippen LogP contribution is 2.39. The average Bonchev–Trinajstić information content (AvgIpc) is 3.20. The third-order valence-corrected chi connectivity index (χ3v) is 6.26. The van der Waals surface area contributed by atoms with Crippen molar-refractivity contribution in [1.29, 1.82) is 0 Å². The van der Waals surface area contributed by atoms with Gasteiger partial charge >= 0.3 is 0 Å². The average molecular weight is 407 g/mol. The molecule has 2 aliphatic heterocycles. The Hall–Kier alpha value is -2.82. The smallest absolute Gasteiger partial charge is 0.248 e. The van der Waals surface area contributed by atoms with E-state index in [1.54, 1.807) is 0 Å². The van der Waals surface area contributed by atoms with Crippen LogP contribution in [0.25, 0.3) is 0 Å². The van der Waals surface area contributed by atoms with Gasteiger partial charge in [0.2, 0.25) is 11.8 Å². The van der Waals surface area contributed by atoms with Crippen molar-refractivity contribution >= 4 is 11.8 Å². The molecule has 5 heteroatoms. The minimum atomic E-state index is -0.635. The zero-order valence-corrected chi connectivity index (χ0v) is 17.5. The van der Waals surface area contributed by atoms with Gasteiger partial charge in [0.15, 0.2) is 0 Å². The van der Waals surface area contributed by atoms with Gasteiger partial charge in [0.05, 0.1) is 6.61 Å². The number of piperidine rings is 1. The Kier molecular flexibility index (Phi) is 6.36. The number of nitrogens with zero attached hydrogens (tertiary/aromatic N) is 2. The van der Waals surface area contributed by atoms with Crippen molar-refractivity contribution in [3.8, 4) is 5.75 Å². The number of hydrogen-bond donors (Lipinski definition) is 0. The number of hydrogen-bond acceptors (Lipinski definition) is 3. The van der Waals surface area contributed by atoms with Crippen LogP contribution in [0.2, 0.25) is 0 Å². The minimum Gasteiger partial charge on any atom is -0.494 e. The van der Waals surface area contributed by atoms with Crippen molar-refractivity contribution in [3.63, 3.8) is 0 Å². The summed E-state index contributed by atoms with van der Waals surface area (Å²) in [4.78, 5) is 30.4. The molecule has 0 bridgehead atoms. The van der Waals surface area contributed by atoms with E-state index < -0.39 is 5.54 Å². The molecule has 1 spiro atoms. The van der Waals surface area contributed by atoms with Gasteiger partial charge in [-0.05, 0) is 49.8 Å². The van der Waals surface area contributed by atoms with E-state index in [4.69, 9.17) is 4.74 Å². The number of amides is 2. The summed E-state index contributed by atoms with van der Waals surface area (Å²) in [6.45, 7) is 2.57. The summed E-state index contributed by atoms with van der Waals surface area (Å²) in [5, 5.41) is 0. The highest BCUT2D eigenvalue weighted by atomic mass is 16.5. The summed E-state index contributed by atoms with van der Waals surface area (Å²) >= 11 is 0. The largest absolute Gasteiger partial charge is 0.494 e. The molecular weight excluding hydrogens is 376 g/mol. The van der Waals surface area contributed by atoms with Crippen molar-refractivity contribution in [1.82, 2.24) is 9.80 Å². The second kappa shape index (κ2) is 9.33. The van der Waals surface area contributed by atoms with Gasteiger partial charge in [-0.25, -0.2) is 0 Å². The Morgan fingerprint density at radius 1 is 0.933 bits per heavy atom. The van der Waals surface area contributed by atoms with Crippen molar-refractivity contribution < 1.29 is 14.3 Å². The summed E-state index contributed by atoms with van der Waals surface area (Å²) in [5.74, 6) is 1.03. The lowest BCUT2D eigenvalue weighted by Crippen LogP contribution is -2.61. The SMILES string of the molecule is O=C(CCCOc1ccccc1)N1CCCC12CCCN(Cc1ccccc1)C2=O. The van der Waals surface area contributed by atoms with E-state index in [0.717, 1.165) is 43.5 Å². The van der Waals surface area contributed by atoms with Crippen LogP contribution in [0.1, 0.15) is 44.1 Å². The Balaban J connectivity index is 1.36. The molecule has 2 saturated heterocycles. The Labute approximate surface area is 178 Å². The Bertz CT molecular complexity index is 855. The zero-order valence-electron chi connectivity index (χ0n) is 17.5. The fraction of sp³-hybridized carbons (Fsp3) is 0.440. The van der Waals surface area contributed by atoms with E-state index in [9.17, 15) is 9.59 Å². The molecule has 2 aromatic carbocycles. The standard InChI is InChI=1S/C25H30N2O3/c28-23(14-7-19-30-22-12-5-2-6-13-22)27-18-9-16-25(27)15-8-17-26(24(25)29)20-21-10-3-1-4-11-21/h1-6,10-13H,7-9,14-20H2. The third-order valence-electron chi connectivity index (χ3n) is 6.26. The first-order chi connectivity index (χ1) is 14.7. The van der Waals surface area contributed by atoms with Crippen LogP contribution in [0.3, 0.4) is 0 Å². The first-order valence-corrected chi connectivity index (χ1v) is 11.0. The first kappa shape index (κ1) is 20.5. The molecule has 0 saturated carbocycles. The van der Waals surface area contributed by atoms with Crippen LogP contribution in [-0.4, -0.2) is 46.8 Å². The topological polar surface area (TPSA) is 49.9 Å². The summed E-state index contributed by atoms with van der Waals surface area (Å²) in [5.41, 5.74) is 0.501. The van der Waals surface area contributed by atoms with Crippen molar-refractivity contribution in [2.24, 2.45) is 0 Å². The number of carbonyl (C=O) groups excluding carboxylic acids is 2. The van der Waals surface area contributed by atoms with E-state index in [2.05, 4.69) is 12.1 Å². The minimum absolute atomic E-state index is 0.0825. The lowest BCUT2D eigenvalue weighted by Gasteiger charge is -2.44. The molecule has 0 aliphatic carbocycles. The predicted octanol–water partition coefficient (Wildman–Crippen LogP) is 4.03. The van der Waals surface area contributed by atoms with Crippen LogP contribution in [0.4, 0.5) is 0 Å². The molecule has 5 nitrogen and oxygen atoms in total. The monoisotopic (exact) mass is 406 g/mol. The fourth-order valence-corrected chi connectivity index (χ4v) is 4.81. The molecule has 158 valence electrons. The Morgan fingerprint density at radius 2 is 1.60 bits per heavy atom. The molecule has 2 aliphatic rings. The normalized spacial score (nSPS) is 21.3. The molecule has 2 aromatic rings. The van der Waals surface area contributed by atoms with Crippen molar-refractivity contribution in [2.45, 2.75) is 50.6 Å². The van der Waals surface area contributed by atoms with Crippen LogP contribution >= 0.6 is 0 Å². The maximum absolute atomic E-state index is 13.5. The quantitative estimate of drug-likeness (QED) is 0.653. The lowest BCUT2D eigenvalue weighted by molar-refractivity contribution is -0.156. The highest BCUT2D eigenvalue weighted by molar-refractivity contribution is 5.92. The second-order valence-corrected chi connectivity index (χ2v) is 8.26. The highest BCUT2D eigenvalue weighted by Gasteiger charge is 2.52. The number of ether oxygens (including phenoxy) is 1. The summed E-state index contributed by atoms with van der Waals surface area (Å²) in [6, 6.07) is 19.8. The maximum atomic E-state index is 13.5. The molecule has 1 unspecified atom stereocenters. The molecule has 2 amide bonds. The molecule has 1 atom stereocenters. The third kappa shape index (κ3) is 4.35. The first-order valence-electron chi connectivity index (χ1n) is 11.0. The van der Waals surface area contributed by atoms with Crippen molar-refractivity contribution in [2.75, 3.05) is 19.7 Å². The van der Waals surface area contributed by atoms with Crippen LogP contribution in [0, 0.1) is 0 Å². The molecular formula is C25H30N2O3. The van der Waals surface area contributed by atoms with Gasteiger partial charge in [-0.3, -0.25) is 9.59 Å². The van der Waals surface area contributed by atoms with Crippen LogP contribution in [0.15, 0.2) is 60.7 Å². The predicted molar refractivity (Wildman–Crippen MR) is 116 cm³/mol. The van der Waals surface area contributed by atoms with Gasteiger partial charge in [0.25, 0.3) is 0 Å². The van der Waals surface area contributed by atoms with Gasteiger partial charge in [-0.15, -0.1) is 0 Å². The van der Waals surface area contributed by atoms with E-state index in [0.29, 0.717) is 32.5 Å². The molecule has 30 heavy (non-hydrogen) atoms. The Morgan fingerprint density at radius 3 is 2.33 bits per heavy atom. The van der Waals surface area contributed by atoms with E-state index in [1.165, 1.54) is 0 Å². The summed E-state index contributed by atoms with van der Waals surface area (Å²) in [6.07, 6.45) is 4.48. The van der Waals surface area contributed by atoms with Crippen molar-refractivity contribution in [3.05, 3.63) is 66.2 Å². The number of para-hydroxylation sites is 1.